The number of Topliss-reactive ketones (excluding diaryl/α,β-unsaturated/α-hetero) is 2. The molecule has 4 rings (SSSR count). The predicted octanol–water partition coefficient (Wildman–Crippen LogP) is 4.90. The second-order valence-electron chi connectivity index (χ2n) is 6.70. The van der Waals surface area contributed by atoms with Gasteiger partial charge in [-0.05, 0) is 24.3 Å². The van der Waals surface area contributed by atoms with Crippen LogP contribution in [0, 0.1) is 0 Å². The Morgan fingerprint density at radius 1 is 0.900 bits per heavy atom. The molecule has 1 heterocycles. The van der Waals surface area contributed by atoms with Gasteiger partial charge in [-0.25, -0.2) is 4.98 Å². The van der Waals surface area contributed by atoms with Gasteiger partial charge in [0.1, 0.15) is 5.75 Å². The van der Waals surface area contributed by atoms with E-state index in [2.05, 4.69) is 4.98 Å². The van der Waals surface area contributed by atoms with Crippen molar-refractivity contribution in [2.45, 2.75) is 11.7 Å². The molecule has 0 unspecified atom stereocenters. The first-order chi connectivity index (χ1) is 14.7. The van der Waals surface area contributed by atoms with Crippen molar-refractivity contribution < 1.29 is 14.3 Å². The van der Waals surface area contributed by atoms with E-state index in [-0.39, 0.29) is 23.9 Å². The molecule has 30 heavy (non-hydrogen) atoms. The summed E-state index contributed by atoms with van der Waals surface area (Å²) in [6.07, 6.45) is 0. The van der Waals surface area contributed by atoms with Crippen molar-refractivity contribution in [2.75, 3.05) is 12.9 Å². The van der Waals surface area contributed by atoms with Gasteiger partial charge in [0, 0.05) is 11.1 Å². The quantitative estimate of drug-likeness (QED) is 0.302. The monoisotopic (exact) mass is 416 g/mol. The van der Waals surface area contributed by atoms with E-state index in [1.165, 1.54) is 11.8 Å². The number of carbonyl (C=O) groups is 2. The van der Waals surface area contributed by atoms with E-state index >= 15 is 0 Å². The summed E-state index contributed by atoms with van der Waals surface area (Å²) in [5.41, 5.74) is 2.91. The molecule has 0 atom stereocenters. The Labute approximate surface area is 178 Å². The van der Waals surface area contributed by atoms with Crippen molar-refractivity contribution in [3.8, 4) is 5.75 Å². The molecule has 0 aliphatic rings. The summed E-state index contributed by atoms with van der Waals surface area (Å²) in [4.78, 5) is 30.1. The van der Waals surface area contributed by atoms with Crippen LogP contribution in [-0.4, -0.2) is 34.0 Å². The van der Waals surface area contributed by atoms with Crippen molar-refractivity contribution in [3.63, 3.8) is 0 Å². The van der Waals surface area contributed by atoms with E-state index in [0.717, 1.165) is 11.0 Å². The zero-order chi connectivity index (χ0) is 20.9. The van der Waals surface area contributed by atoms with Crippen LogP contribution in [0.15, 0.2) is 84.0 Å². The predicted molar refractivity (Wildman–Crippen MR) is 119 cm³/mol. The van der Waals surface area contributed by atoms with E-state index in [0.29, 0.717) is 22.0 Å². The minimum atomic E-state index is -0.0214. The number of benzene rings is 3. The van der Waals surface area contributed by atoms with E-state index in [9.17, 15) is 9.59 Å². The summed E-state index contributed by atoms with van der Waals surface area (Å²) < 4.78 is 7.08. The fourth-order valence-corrected chi connectivity index (χ4v) is 4.09. The van der Waals surface area contributed by atoms with Crippen LogP contribution in [0.4, 0.5) is 0 Å². The lowest BCUT2D eigenvalue weighted by Gasteiger charge is -2.09. The molecule has 150 valence electrons. The molecule has 0 spiro atoms. The van der Waals surface area contributed by atoms with E-state index in [1.807, 2.05) is 47.0 Å². The van der Waals surface area contributed by atoms with Crippen LogP contribution in [0.2, 0.25) is 0 Å². The maximum absolute atomic E-state index is 12.8. The number of para-hydroxylation sites is 2. The van der Waals surface area contributed by atoms with Crippen molar-refractivity contribution in [2.24, 2.45) is 0 Å². The number of hydrogen-bond acceptors (Lipinski definition) is 5. The van der Waals surface area contributed by atoms with E-state index in [4.69, 9.17) is 4.74 Å². The molecular weight excluding hydrogens is 396 g/mol. The first-order valence-electron chi connectivity index (χ1n) is 9.49. The zero-order valence-corrected chi connectivity index (χ0v) is 17.3. The third-order valence-electron chi connectivity index (χ3n) is 4.74. The van der Waals surface area contributed by atoms with Crippen LogP contribution in [0.3, 0.4) is 0 Å². The van der Waals surface area contributed by atoms with Gasteiger partial charge < -0.3 is 9.30 Å². The van der Waals surface area contributed by atoms with Gasteiger partial charge in [0.15, 0.2) is 16.7 Å². The van der Waals surface area contributed by atoms with Crippen LogP contribution in [0.5, 0.6) is 5.75 Å². The number of carbonyl (C=O) groups excluding carboxylic acids is 2. The van der Waals surface area contributed by atoms with Gasteiger partial charge in [0.25, 0.3) is 0 Å². The molecular formula is C24H20N2O3S. The lowest BCUT2D eigenvalue weighted by molar-refractivity contribution is 0.0970. The number of nitrogens with zero attached hydrogens (tertiary/aromatic N) is 2. The summed E-state index contributed by atoms with van der Waals surface area (Å²) in [7, 11) is 1.57. The van der Waals surface area contributed by atoms with Gasteiger partial charge in [-0.1, -0.05) is 66.4 Å². The molecule has 0 aliphatic heterocycles. The number of rotatable bonds is 8. The Kier molecular flexibility index (Phi) is 5.95. The van der Waals surface area contributed by atoms with Crippen LogP contribution in [0.25, 0.3) is 11.0 Å². The fourth-order valence-electron chi connectivity index (χ4n) is 3.19. The highest BCUT2D eigenvalue weighted by Gasteiger charge is 2.17. The number of methoxy groups -OCH3 is 1. The highest BCUT2D eigenvalue weighted by atomic mass is 32.2. The van der Waals surface area contributed by atoms with E-state index in [1.54, 1.807) is 43.5 Å². The third-order valence-corrected chi connectivity index (χ3v) is 5.72. The number of fused-ring (bicyclic) bond motifs is 1. The van der Waals surface area contributed by atoms with Crippen molar-refractivity contribution in [3.05, 3.63) is 90.0 Å². The normalized spacial score (nSPS) is 10.8. The van der Waals surface area contributed by atoms with Gasteiger partial charge in [0.2, 0.25) is 0 Å². The smallest absolute Gasteiger partial charge is 0.182 e. The Bertz CT molecular complexity index is 1200. The topological polar surface area (TPSA) is 61.2 Å². The van der Waals surface area contributed by atoms with Gasteiger partial charge in [0.05, 0.1) is 30.4 Å². The summed E-state index contributed by atoms with van der Waals surface area (Å²) in [5.74, 6) is 0.842. The molecule has 0 saturated heterocycles. The van der Waals surface area contributed by atoms with Crippen LogP contribution >= 0.6 is 11.8 Å². The molecule has 0 saturated carbocycles. The average molecular weight is 417 g/mol. The van der Waals surface area contributed by atoms with Gasteiger partial charge in [-0.2, -0.15) is 0 Å². The summed E-state index contributed by atoms with van der Waals surface area (Å²) in [6.45, 7) is 0.167. The lowest BCUT2D eigenvalue weighted by Crippen LogP contribution is -2.12. The first kappa shape index (κ1) is 19.9. The molecule has 0 fully saturated rings. The third kappa shape index (κ3) is 4.28. The van der Waals surface area contributed by atoms with Crippen molar-refractivity contribution in [1.82, 2.24) is 9.55 Å². The van der Waals surface area contributed by atoms with Crippen molar-refractivity contribution >= 4 is 34.4 Å². The molecule has 6 heteroatoms. The Morgan fingerprint density at radius 2 is 1.63 bits per heavy atom. The minimum absolute atomic E-state index is 0.000254. The van der Waals surface area contributed by atoms with Crippen molar-refractivity contribution in [1.29, 1.82) is 0 Å². The molecule has 0 bridgehead atoms. The molecule has 0 amide bonds. The summed E-state index contributed by atoms with van der Waals surface area (Å²) in [5, 5.41) is 0.650. The van der Waals surface area contributed by atoms with Crippen LogP contribution < -0.4 is 4.74 Å². The number of thioether (sulfide) groups is 1. The fraction of sp³-hybridized carbons (Fsp3) is 0.125. The van der Waals surface area contributed by atoms with Gasteiger partial charge in [-0.3, -0.25) is 9.59 Å². The van der Waals surface area contributed by atoms with Gasteiger partial charge >= 0.3 is 0 Å². The SMILES string of the molecule is COc1cccc(C(=O)CSc2nc3ccccc3n2CC(=O)c2ccccc2)c1. The lowest BCUT2D eigenvalue weighted by atomic mass is 10.1. The maximum atomic E-state index is 12.8. The second-order valence-corrected chi connectivity index (χ2v) is 7.64. The molecule has 3 aromatic carbocycles. The number of aromatic nitrogens is 2. The largest absolute Gasteiger partial charge is 0.497 e. The minimum Gasteiger partial charge on any atom is -0.497 e. The second kappa shape index (κ2) is 8.97. The molecule has 4 aromatic rings. The maximum Gasteiger partial charge on any atom is 0.182 e. The Balaban J connectivity index is 1.58. The number of imidazole rings is 1. The number of ether oxygens (including phenoxy) is 1. The highest BCUT2D eigenvalue weighted by molar-refractivity contribution is 7.99. The van der Waals surface area contributed by atoms with Crippen LogP contribution in [0.1, 0.15) is 20.7 Å². The average Bonchev–Trinajstić information content (AvgIpc) is 3.15. The zero-order valence-electron chi connectivity index (χ0n) is 16.4. The summed E-state index contributed by atoms with van der Waals surface area (Å²) >= 11 is 1.34. The molecule has 0 N–H and O–H groups in total. The number of ketones is 2. The highest BCUT2D eigenvalue weighted by Crippen LogP contribution is 2.26. The van der Waals surface area contributed by atoms with Gasteiger partial charge in [-0.15, -0.1) is 0 Å². The molecule has 1 aromatic heterocycles. The Hall–Kier alpha value is -3.38. The first-order valence-corrected chi connectivity index (χ1v) is 10.5. The van der Waals surface area contributed by atoms with E-state index < -0.39 is 0 Å². The number of hydrogen-bond donors (Lipinski definition) is 0. The standard InChI is InChI=1S/C24H20N2O3S/c1-29-19-11-7-10-18(14-19)23(28)16-30-24-25-20-12-5-6-13-21(20)26(24)15-22(27)17-8-3-2-4-9-17/h2-14H,15-16H2,1H3. The van der Waals surface area contributed by atoms with Crippen LogP contribution in [-0.2, 0) is 6.54 Å². The summed E-state index contributed by atoms with van der Waals surface area (Å²) in [6, 6.07) is 24.0. The molecule has 5 nitrogen and oxygen atoms in total. The molecule has 0 aliphatic carbocycles. The Morgan fingerprint density at radius 3 is 2.43 bits per heavy atom. The molecule has 0 radical (unpaired) electrons.